The summed E-state index contributed by atoms with van der Waals surface area (Å²) < 4.78 is 0. The number of hydrogen-bond acceptors (Lipinski definition) is 0. The lowest BCUT2D eigenvalue weighted by atomic mass is 10.0. The van der Waals surface area contributed by atoms with Crippen LogP contribution in [0.3, 0.4) is 0 Å². The second-order valence-corrected chi connectivity index (χ2v) is 3.23. The molecule has 0 N–H and O–H groups in total. The van der Waals surface area contributed by atoms with Gasteiger partial charge in [0.25, 0.3) is 0 Å². The van der Waals surface area contributed by atoms with Crippen LogP contribution in [0.4, 0.5) is 0 Å². The van der Waals surface area contributed by atoms with Gasteiger partial charge in [0.2, 0.25) is 0 Å². The summed E-state index contributed by atoms with van der Waals surface area (Å²) in [7, 11) is 0. The third-order valence-corrected chi connectivity index (χ3v) is 1.95. The molecule has 0 fully saturated rings. The summed E-state index contributed by atoms with van der Waals surface area (Å²) in [6.07, 6.45) is 5.53. The first-order chi connectivity index (χ1) is 7.59. The molecule has 0 amide bonds. The summed E-state index contributed by atoms with van der Waals surface area (Å²) >= 11 is 0. The number of hydrogen-bond donors (Lipinski definition) is 0. The third-order valence-electron chi connectivity index (χ3n) is 1.95. The Morgan fingerprint density at radius 1 is 1.19 bits per heavy atom. The van der Waals surface area contributed by atoms with Crippen molar-refractivity contribution in [3.63, 3.8) is 0 Å². The van der Waals surface area contributed by atoms with Crippen LogP contribution >= 0.6 is 0 Å². The fourth-order valence-corrected chi connectivity index (χ4v) is 0.553. The maximum atomic E-state index is 3.83. The molecule has 0 heteroatoms. The number of allylic oxidation sites excluding steroid dienone is 2. The van der Waals surface area contributed by atoms with Crippen LogP contribution in [0.15, 0.2) is 38.0 Å². The highest BCUT2D eigenvalue weighted by Gasteiger charge is 1.94. The quantitative estimate of drug-likeness (QED) is 0.486. The molecule has 0 rings (SSSR count). The van der Waals surface area contributed by atoms with Crippen LogP contribution in [0.2, 0.25) is 0 Å². The standard InChI is InChI=1S/C7H14.C5H10.C2H6.C2H4/c1-5-7(4)6(2)3;1-3-5-4-2;2*1-2/h7H,2,5H2,1,3-4H3;3H,1,4-5H2,2H3;1-2H3;1-2H2. The van der Waals surface area contributed by atoms with Gasteiger partial charge in [0.1, 0.15) is 0 Å². The Hall–Kier alpha value is -0.780. The van der Waals surface area contributed by atoms with Crippen LogP contribution in [0, 0.1) is 5.92 Å². The van der Waals surface area contributed by atoms with E-state index in [-0.39, 0.29) is 0 Å². The second-order valence-electron chi connectivity index (χ2n) is 3.23. The van der Waals surface area contributed by atoms with Crippen molar-refractivity contribution in [3.05, 3.63) is 38.0 Å². The smallest absolute Gasteiger partial charge is 0.0240 e. The Morgan fingerprint density at radius 2 is 1.56 bits per heavy atom. The molecule has 0 aliphatic rings. The maximum absolute atomic E-state index is 3.83. The van der Waals surface area contributed by atoms with Gasteiger partial charge in [0.15, 0.2) is 0 Å². The minimum atomic E-state index is 0.708. The van der Waals surface area contributed by atoms with E-state index in [0.29, 0.717) is 5.92 Å². The Balaban J connectivity index is -0.0000000704. The Kier molecular flexibility index (Phi) is 44.7. The summed E-state index contributed by atoms with van der Waals surface area (Å²) in [6, 6.07) is 0. The van der Waals surface area contributed by atoms with E-state index in [1.165, 1.54) is 18.4 Å². The Bertz CT molecular complexity index is 122. The van der Waals surface area contributed by atoms with Crippen LogP contribution in [0.1, 0.15) is 60.8 Å². The first kappa shape index (κ1) is 24.4. The topological polar surface area (TPSA) is 0 Å². The summed E-state index contributed by atoms with van der Waals surface area (Å²) in [6.45, 7) is 26.0. The largest absolute Gasteiger partial charge is 0.106 e. The zero-order valence-corrected chi connectivity index (χ0v) is 12.6. The summed E-state index contributed by atoms with van der Waals surface area (Å²) in [4.78, 5) is 0. The minimum absolute atomic E-state index is 0.708. The lowest BCUT2D eigenvalue weighted by molar-refractivity contribution is 0.658. The molecule has 0 aromatic heterocycles. The van der Waals surface area contributed by atoms with Gasteiger partial charge in [0, 0.05) is 0 Å². The maximum Gasteiger partial charge on any atom is -0.0240 e. The third kappa shape index (κ3) is 37.9. The van der Waals surface area contributed by atoms with Gasteiger partial charge >= 0.3 is 0 Å². The molecule has 0 aromatic rings. The zero-order chi connectivity index (χ0) is 14.0. The van der Waals surface area contributed by atoms with Gasteiger partial charge in [-0.3, -0.25) is 0 Å². The second kappa shape index (κ2) is 29.2. The summed E-state index contributed by atoms with van der Waals surface area (Å²) in [5.74, 6) is 0.708. The fraction of sp³-hybridized carbons (Fsp3) is 0.625. The minimum Gasteiger partial charge on any atom is -0.106 e. The molecule has 0 aliphatic carbocycles. The van der Waals surface area contributed by atoms with Crippen LogP contribution in [-0.2, 0) is 0 Å². The van der Waals surface area contributed by atoms with Crippen molar-refractivity contribution in [2.24, 2.45) is 5.92 Å². The molecule has 0 bridgehead atoms. The number of unbranched alkanes of at least 4 members (excludes halogenated alkanes) is 1. The monoisotopic (exact) mass is 226 g/mol. The van der Waals surface area contributed by atoms with Gasteiger partial charge in [-0.15, -0.1) is 19.7 Å². The van der Waals surface area contributed by atoms with Crippen molar-refractivity contribution < 1.29 is 0 Å². The van der Waals surface area contributed by atoms with E-state index in [4.69, 9.17) is 0 Å². The molecule has 98 valence electrons. The van der Waals surface area contributed by atoms with E-state index < -0.39 is 0 Å². The van der Waals surface area contributed by atoms with E-state index in [1.807, 2.05) is 19.9 Å². The van der Waals surface area contributed by atoms with Crippen molar-refractivity contribution in [3.8, 4) is 0 Å². The molecule has 0 saturated carbocycles. The predicted molar refractivity (Wildman–Crippen MR) is 82.0 cm³/mol. The number of rotatable bonds is 4. The lowest BCUT2D eigenvalue weighted by Crippen LogP contribution is -1.89. The molecule has 1 unspecified atom stereocenters. The Labute approximate surface area is 105 Å². The SMILES string of the molecule is C=C.C=C(C)C(C)CC.C=CCCC.CC. The van der Waals surface area contributed by atoms with E-state index >= 15 is 0 Å². The van der Waals surface area contributed by atoms with Gasteiger partial charge in [-0.05, 0) is 25.7 Å². The van der Waals surface area contributed by atoms with Gasteiger partial charge in [-0.2, -0.15) is 0 Å². The fourth-order valence-electron chi connectivity index (χ4n) is 0.553. The normalized spacial score (nSPS) is 8.88. The first-order valence-corrected chi connectivity index (χ1v) is 6.36. The lowest BCUT2D eigenvalue weighted by Gasteiger charge is -2.04. The van der Waals surface area contributed by atoms with Crippen molar-refractivity contribution in [1.82, 2.24) is 0 Å². The van der Waals surface area contributed by atoms with Gasteiger partial charge in [-0.1, -0.05) is 59.3 Å². The molecule has 0 heterocycles. The van der Waals surface area contributed by atoms with E-state index in [1.54, 1.807) is 0 Å². The molecular weight excluding hydrogens is 192 g/mol. The molecule has 0 saturated heterocycles. The van der Waals surface area contributed by atoms with E-state index in [2.05, 4.69) is 54.0 Å². The molecule has 0 aromatic carbocycles. The van der Waals surface area contributed by atoms with Gasteiger partial charge < -0.3 is 0 Å². The van der Waals surface area contributed by atoms with E-state index in [9.17, 15) is 0 Å². The first-order valence-electron chi connectivity index (χ1n) is 6.36. The average molecular weight is 226 g/mol. The molecule has 0 radical (unpaired) electrons. The van der Waals surface area contributed by atoms with Crippen molar-refractivity contribution in [1.29, 1.82) is 0 Å². The summed E-state index contributed by atoms with van der Waals surface area (Å²) in [5, 5.41) is 0. The van der Waals surface area contributed by atoms with Gasteiger partial charge in [0.05, 0.1) is 0 Å². The van der Waals surface area contributed by atoms with Crippen LogP contribution in [-0.4, -0.2) is 0 Å². The zero-order valence-electron chi connectivity index (χ0n) is 12.6. The highest BCUT2D eigenvalue weighted by Crippen LogP contribution is 2.09. The molecule has 0 aliphatic heterocycles. The molecule has 1 atom stereocenters. The van der Waals surface area contributed by atoms with Crippen LogP contribution in [0.5, 0.6) is 0 Å². The molecule has 0 nitrogen and oxygen atoms in total. The van der Waals surface area contributed by atoms with E-state index in [0.717, 1.165) is 6.42 Å². The molecular formula is C16H34. The predicted octanol–water partition coefficient (Wildman–Crippen LogP) is 6.41. The van der Waals surface area contributed by atoms with Gasteiger partial charge in [-0.25, -0.2) is 0 Å². The highest BCUT2D eigenvalue weighted by molar-refractivity contribution is 4.92. The average Bonchev–Trinajstić information content (AvgIpc) is 2.35. The Morgan fingerprint density at radius 3 is 1.56 bits per heavy atom. The van der Waals surface area contributed by atoms with Crippen molar-refractivity contribution >= 4 is 0 Å². The molecule has 16 heavy (non-hydrogen) atoms. The van der Waals surface area contributed by atoms with Crippen molar-refractivity contribution in [2.75, 3.05) is 0 Å². The van der Waals surface area contributed by atoms with Crippen molar-refractivity contribution in [2.45, 2.75) is 60.8 Å². The summed E-state index contributed by atoms with van der Waals surface area (Å²) in [5.41, 5.74) is 1.29. The van der Waals surface area contributed by atoms with Crippen LogP contribution < -0.4 is 0 Å². The highest BCUT2D eigenvalue weighted by atomic mass is 14.0. The van der Waals surface area contributed by atoms with Crippen LogP contribution in [0.25, 0.3) is 0 Å². The molecule has 0 spiro atoms.